The lowest BCUT2D eigenvalue weighted by Gasteiger charge is -2.19. The van der Waals surface area contributed by atoms with Gasteiger partial charge in [-0.15, -0.1) is 0 Å². The summed E-state index contributed by atoms with van der Waals surface area (Å²) in [6.45, 7) is 0.725. The fraction of sp³-hybridized carbons (Fsp3) is 0.455. The van der Waals surface area contributed by atoms with Crippen LogP contribution in [0.2, 0.25) is 0 Å². The number of ketones is 2. The van der Waals surface area contributed by atoms with E-state index in [4.69, 9.17) is 4.74 Å². The zero-order valence-corrected chi connectivity index (χ0v) is 9.09. The number of hydrogen-bond donors (Lipinski definition) is 0. The first-order valence-corrected chi connectivity index (χ1v) is 5.86. The van der Waals surface area contributed by atoms with E-state index in [2.05, 4.69) is 0 Å². The molecule has 3 nitrogen and oxygen atoms in total. The number of carbonyl (C=O) groups excluding carboxylic acids is 2. The highest BCUT2D eigenvalue weighted by Crippen LogP contribution is 2.15. The highest BCUT2D eigenvalue weighted by atomic mass is 32.1. The van der Waals surface area contributed by atoms with Gasteiger partial charge in [-0.3, -0.25) is 9.59 Å². The minimum atomic E-state index is -0.529. The molecule has 1 aromatic heterocycles. The van der Waals surface area contributed by atoms with Gasteiger partial charge in [0.15, 0.2) is 0 Å². The quantitative estimate of drug-likeness (QED) is 0.730. The number of carbonyl (C=O) groups is 2. The molecule has 2 rings (SSSR count). The van der Waals surface area contributed by atoms with Crippen molar-refractivity contribution >= 4 is 22.9 Å². The van der Waals surface area contributed by atoms with Gasteiger partial charge >= 0.3 is 0 Å². The van der Waals surface area contributed by atoms with Crippen LogP contribution in [0.15, 0.2) is 16.8 Å². The molecule has 1 unspecified atom stereocenters. The van der Waals surface area contributed by atoms with Gasteiger partial charge in [0.2, 0.25) is 0 Å². The molecule has 0 spiro atoms. The molecule has 1 aliphatic heterocycles. The fourth-order valence-electron chi connectivity index (χ4n) is 1.63. The van der Waals surface area contributed by atoms with Crippen LogP contribution in [-0.2, 0) is 20.7 Å². The minimum absolute atomic E-state index is 0.0156. The molecule has 1 atom stereocenters. The molecular weight excluding hydrogens is 212 g/mol. The summed E-state index contributed by atoms with van der Waals surface area (Å²) in [6.07, 6.45) is 0.726. The number of rotatable bonds is 3. The van der Waals surface area contributed by atoms with Crippen molar-refractivity contribution in [3.63, 3.8) is 0 Å². The Balaban J connectivity index is 1.98. The lowest BCUT2D eigenvalue weighted by Crippen LogP contribution is -2.34. The van der Waals surface area contributed by atoms with Gasteiger partial charge in [-0.25, -0.2) is 0 Å². The lowest BCUT2D eigenvalue weighted by molar-refractivity contribution is -0.139. The smallest absolute Gasteiger partial charge is 0.150 e. The molecule has 0 saturated carbocycles. The Morgan fingerprint density at radius 3 is 3.13 bits per heavy atom. The first-order chi connectivity index (χ1) is 7.27. The number of ether oxygens (including phenoxy) is 1. The Bertz CT molecular complexity index is 356. The molecule has 0 N–H and O–H groups in total. The van der Waals surface area contributed by atoms with Crippen LogP contribution in [0.25, 0.3) is 0 Å². The summed E-state index contributed by atoms with van der Waals surface area (Å²) in [5.74, 6) is -0.516. The van der Waals surface area contributed by atoms with E-state index in [0.29, 0.717) is 19.4 Å². The molecular formula is C11H12O3S. The summed E-state index contributed by atoms with van der Waals surface area (Å²) >= 11 is 1.56. The monoisotopic (exact) mass is 224 g/mol. The largest absolute Gasteiger partial charge is 0.380 e. The van der Waals surface area contributed by atoms with E-state index in [1.165, 1.54) is 0 Å². The van der Waals surface area contributed by atoms with E-state index in [9.17, 15) is 9.59 Å². The molecule has 2 heterocycles. The molecule has 0 aliphatic carbocycles. The zero-order valence-electron chi connectivity index (χ0n) is 8.27. The van der Waals surface area contributed by atoms with E-state index in [1.807, 2.05) is 16.8 Å². The first-order valence-electron chi connectivity index (χ1n) is 4.91. The van der Waals surface area contributed by atoms with Crippen LogP contribution in [0.5, 0.6) is 0 Å². The van der Waals surface area contributed by atoms with Crippen LogP contribution in [-0.4, -0.2) is 24.8 Å². The van der Waals surface area contributed by atoms with Crippen molar-refractivity contribution in [3.8, 4) is 0 Å². The van der Waals surface area contributed by atoms with Gasteiger partial charge in [-0.05, 0) is 22.4 Å². The Morgan fingerprint density at radius 1 is 1.60 bits per heavy atom. The number of hydrogen-bond acceptors (Lipinski definition) is 4. The van der Waals surface area contributed by atoms with Gasteiger partial charge in [0, 0.05) is 12.8 Å². The van der Waals surface area contributed by atoms with Crippen LogP contribution in [0.1, 0.15) is 12.0 Å². The molecule has 1 fully saturated rings. The maximum Gasteiger partial charge on any atom is 0.150 e. The van der Waals surface area contributed by atoms with E-state index in [0.717, 1.165) is 5.56 Å². The Kier molecular flexibility index (Phi) is 3.28. The van der Waals surface area contributed by atoms with Crippen molar-refractivity contribution in [2.24, 2.45) is 5.92 Å². The van der Waals surface area contributed by atoms with Gasteiger partial charge < -0.3 is 4.74 Å². The summed E-state index contributed by atoms with van der Waals surface area (Å²) in [6, 6.07) is 1.91. The van der Waals surface area contributed by atoms with Crippen molar-refractivity contribution < 1.29 is 14.3 Å². The second-order valence-corrected chi connectivity index (χ2v) is 4.40. The predicted molar refractivity (Wildman–Crippen MR) is 57.0 cm³/mol. The average Bonchev–Trinajstić information content (AvgIpc) is 2.71. The molecule has 0 amide bonds. The van der Waals surface area contributed by atoms with E-state index < -0.39 is 5.92 Å². The van der Waals surface area contributed by atoms with E-state index in [-0.39, 0.29) is 18.2 Å². The van der Waals surface area contributed by atoms with Crippen molar-refractivity contribution in [1.29, 1.82) is 0 Å². The van der Waals surface area contributed by atoms with Crippen molar-refractivity contribution in [3.05, 3.63) is 22.4 Å². The van der Waals surface area contributed by atoms with Gasteiger partial charge in [0.05, 0.1) is 19.1 Å². The molecule has 1 aromatic rings. The third kappa shape index (κ3) is 2.52. The van der Waals surface area contributed by atoms with Gasteiger partial charge in [-0.2, -0.15) is 11.3 Å². The average molecular weight is 224 g/mol. The standard InChI is InChI=1S/C11H12O3S/c12-10-1-3-14-6-9(10)11(13)5-8-2-4-15-7-8/h2,4,7,9H,1,3,5-6H2. The Morgan fingerprint density at radius 2 is 2.47 bits per heavy atom. The molecule has 0 bridgehead atoms. The summed E-state index contributed by atoms with van der Waals surface area (Å²) < 4.78 is 5.15. The molecule has 0 aromatic carbocycles. The van der Waals surface area contributed by atoms with Crippen LogP contribution in [0.4, 0.5) is 0 Å². The van der Waals surface area contributed by atoms with Gasteiger partial charge in [0.1, 0.15) is 11.6 Å². The third-order valence-corrected chi connectivity index (χ3v) is 3.25. The first kappa shape index (κ1) is 10.5. The van der Waals surface area contributed by atoms with Crippen molar-refractivity contribution in [2.75, 3.05) is 13.2 Å². The second kappa shape index (κ2) is 4.68. The molecule has 4 heteroatoms. The van der Waals surface area contributed by atoms with Gasteiger partial charge in [0.25, 0.3) is 0 Å². The normalized spacial score (nSPS) is 21.6. The molecule has 15 heavy (non-hydrogen) atoms. The topological polar surface area (TPSA) is 43.4 Å². The number of thiophene rings is 1. The predicted octanol–water partition coefficient (Wildman–Crippen LogP) is 1.47. The Labute approximate surface area is 92.1 Å². The Hall–Kier alpha value is -1.000. The minimum Gasteiger partial charge on any atom is -0.380 e. The zero-order chi connectivity index (χ0) is 10.7. The molecule has 0 radical (unpaired) electrons. The highest BCUT2D eigenvalue weighted by molar-refractivity contribution is 7.08. The molecule has 1 saturated heterocycles. The highest BCUT2D eigenvalue weighted by Gasteiger charge is 2.29. The van der Waals surface area contributed by atoms with Crippen molar-refractivity contribution in [1.82, 2.24) is 0 Å². The van der Waals surface area contributed by atoms with Crippen LogP contribution in [0.3, 0.4) is 0 Å². The van der Waals surface area contributed by atoms with E-state index in [1.54, 1.807) is 11.3 Å². The summed E-state index contributed by atoms with van der Waals surface area (Å²) in [7, 11) is 0. The van der Waals surface area contributed by atoms with Gasteiger partial charge in [-0.1, -0.05) is 0 Å². The fourth-order valence-corrected chi connectivity index (χ4v) is 2.30. The maximum absolute atomic E-state index is 11.8. The van der Waals surface area contributed by atoms with Crippen LogP contribution < -0.4 is 0 Å². The summed E-state index contributed by atoms with van der Waals surface area (Å²) in [5, 5.41) is 3.87. The summed E-state index contributed by atoms with van der Waals surface area (Å²) in [4.78, 5) is 23.2. The van der Waals surface area contributed by atoms with Crippen LogP contribution in [0, 0.1) is 5.92 Å². The number of Topliss-reactive ketones (excluding diaryl/α,β-unsaturated/α-hetero) is 2. The molecule has 80 valence electrons. The van der Waals surface area contributed by atoms with Crippen molar-refractivity contribution in [2.45, 2.75) is 12.8 Å². The SMILES string of the molecule is O=C1CCOCC1C(=O)Cc1ccsc1. The lowest BCUT2D eigenvalue weighted by atomic mass is 9.93. The molecule has 1 aliphatic rings. The maximum atomic E-state index is 11.8. The second-order valence-electron chi connectivity index (χ2n) is 3.62. The summed E-state index contributed by atoms with van der Waals surface area (Å²) in [5.41, 5.74) is 0.989. The third-order valence-electron chi connectivity index (χ3n) is 2.51. The van der Waals surface area contributed by atoms with E-state index >= 15 is 0 Å². The van der Waals surface area contributed by atoms with Crippen LogP contribution >= 0.6 is 11.3 Å².